The van der Waals surface area contributed by atoms with E-state index in [1.54, 1.807) is 11.0 Å². The van der Waals surface area contributed by atoms with Gasteiger partial charge in [-0.05, 0) is 25.5 Å². The van der Waals surface area contributed by atoms with Crippen LogP contribution in [0.2, 0.25) is 0 Å². The maximum Gasteiger partial charge on any atom is 0.230 e. The minimum atomic E-state index is -0.0256. The Hall–Kier alpha value is -1.58. The molecular formula is C12H15NO3. The highest BCUT2D eigenvalue weighted by molar-refractivity contribution is 5.87. The van der Waals surface area contributed by atoms with Gasteiger partial charge >= 0.3 is 0 Å². The van der Waals surface area contributed by atoms with E-state index in [1.807, 2.05) is 13.0 Å². The summed E-state index contributed by atoms with van der Waals surface area (Å²) in [5.74, 6) is 1.59. The minimum Gasteiger partial charge on any atom is -0.466 e. The molecular weight excluding hydrogens is 206 g/mol. The topological polar surface area (TPSA) is 50.5 Å². The average molecular weight is 221 g/mol. The highest BCUT2D eigenvalue weighted by atomic mass is 16.3. The van der Waals surface area contributed by atoms with Gasteiger partial charge in [-0.2, -0.15) is 0 Å². The van der Waals surface area contributed by atoms with Crippen LogP contribution in [0.5, 0.6) is 0 Å². The molecule has 1 aliphatic rings. The third kappa shape index (κ3) is 2.51. The number of rotatable bonds is 2. The molecule has 16 heavy (non-hydrogen) atoms. The summed E-state index contributed by atoms with van der Waals surface area (Å²) >= 11 is 0. The van der Waals surface area contributed by atoms with E-state index in [0.717, 1.165) is 12.2 Å². The predicted octanol–water partition coefficient (Wildman–Crippen LogP) is 1.32. The molecule has 4 nitrogen and oxygen atoms in total. The van der Waals surface area contributed by atoms with Crippen molar-refractivity contribution in [1.29, 1.82) is 0 Å². The maximum atomic E-state index is 11.8. The maximum absolute atomic E-state index is 11.8. The van der Waals surface area contributed by atoms with E-state index >= 15 is 0 Å². The Labute approximate surface area is 94.2 Å². The number of carbonyl (C=O) groups excluding carboxylic acids is 2. The fourth-order valence-corrected chi connectivity index (χ4v) is 1.89. The molecule has 0 aliphatic carbocycles. The first-order valence-electron chi connectivity index (χ1n) is 5.50. The Bertz CT molecular complexity index is 408. The van der Waals surface area contributed by atoms with Crippen LogP contribution >= 0.6 is 0 Å². The van der Waals surface area contributed by atoms with E-state index in [-0.39, 0.29) is 24.7 Å². The highest BCUT2D eigenvalue weighted by Gasteiger charge is 2.22. The number of piperidine rings is 1. The Balaban J connectivity index is 1.94. The fraction of sp³-hybridized carbons (Fsp3) is 0.500. The quantitative estimate of drug-likeness (QED) is 0.756. The largest absolute Gasteiger partial charge is 0.466 e. The molecule has 1 aliphatic heterocycles. The van der Waals surface area contributed by atoms with Crippen molar-refractivity contribution in [2.24, 2.45) is 0 Å². The Morgan fingerprint density at radius 2 is 2.31 bits per heavy atom. The number of hydrogen-bond acceptors (Lipinski definition) is 3. The highest BCUT2D eigenvalue weighted by Crippen LogP contribution is 2.11. The summed E-state index contributed by atoms with van der Waals surface area (Å²) in [5, 5.41) is 0. The van der Waals surface area contributed by atoms with Crippen molar-refractivity contribution in [2.75, 3.05) is 13.1 Å². The molecule has 4 heteroatoms. The first-order chi connectivity index (χ1) is 7.65. The summed E-state index contributed by atoms with van der Waals surface area (Å²) in [6, 6.07) is 3.64. The van der Waals surface area contributed by atoms with Gasteiger partial charge in [-0.3, -0.25) is 9.59 Å². The van der Waals surface area contributed by atoms with Gasteiger partial charge < -0.3 is 9.32 Å². The second-order valence-corrected chi connectivity index (χ2v) is 4.15. The molecule has 1 amide bonds. The normalized spacial score (nSPS) is 16.6. The number of likely N-dealkylation sites (tertiary alicyclic amines) is 1. The van der Waals surface area contributed by atoms with Crippen LogP contribution in [0.1, 0.15) is 24.4 Å². The lowest BCUT2D eigenvalue weighted by Crippen LogP contribution is -2.40. The second-order valence-electron chi connectivity index (χ2n) is 4.15. The van der Waals surface area contributed by atoms with Crippen LogP contribution < -0.4 is 0 Å². The zero-order valence-corrected chi connectivity index (χ0v) is 9.36. The van der Waals surface area contributed by atoms with Crippen molar-refractivity contribution < 1.29 is 14.0 Å². The minimum absolute atomic E-state index is 0.0256. The van der Waals surface area contributed by atoms with Gasteiger partial charge in [0, 0.05) is 13.0 Å². The van der Waals surface area contributed by atoms with Crippen LogP contribution in [0, 0.1) is 6.92 Å². The third-order valence-corrected chi connectivity index (χ3v) is 2.73. The molecule has 0 spiro atoms. The van der Waals surface area contributed by atoms with Gasteiger partial charge in [0.1, 0.15) is 11.5 Å². The van der Waals surface area contributed by atoms with Crippen molar-refractivity contribution in [3.05, 3.63) is 23.7 Å². The Morgan fingerprint density at radius 1 is 1.50 bits per heavy atom. The number of Topliss-reactive ketones (excluding diaryl/α,β-unsaturated/α-hetero) is 1. The molecule has 0 atom stereocenters. The first kappa shape index (κ1) is 10.9. The summed E-state index contributed by atoms with van der Waals surface area (Å²) in [5.41, 5.74) is 0. The van der Waals surface area contributed by atoms with E-state index in [1.165, 1.54) is 0 Å². The van der Waals surface area contributed by atoms with Crippen LogP contribution in [0.4, 0.5) is 0 Å². The summed E-state index contributed by atoms with van der Waals surface area (Å²) in [4.78, 5) is 24.7. The van der Waals surface area contributed by atoms with E-state index < -0.39 is 0 Å². The molecule has 0 aromatic carbocycles. The van der Waals surface area contributed by atoms with Crippen LogP contribution in [0.25, 0.3) is 0 Å². The molecule has 1 aromatic heterocycles. The van der Waals surface area contributed by atoms with E-state index in [2.05, 4.69) is 0 Å². The van der Waals surface area contributed by atoms with Crippen molar-refractivity contribution in [2.45, 2.75) is 26.2 Å². The van der Waals surface area contributed by atoms with Crippen molar-refractivity contribution >= 4 is 11.7 Å². The van der Waals surface area contributed by atoms with Crippen molar-refractivity contribution in [1.82, 2.24) is 4.90 Å². The molecule has 1 fully saturated rings. The molecule has 0 radical (unpaired) electrons. The first-order valence-corrected chi connectivity index (χ1v) is 5.50. The monoisotopic (exact) mass is 221 g/mol. The number of nitrogens with zero attached hydrogens (tertiary/aromatic N) is 1. The smallest absolute Gasteiger partial charge is 0.230 e. The van der Waals surface area contributed by atoms with Crippen LogP contribution in [-0.2, 0) is 16.0 Å². The summed E-state index contributed by atoms with van der Waals surface area (Å²) in [7, 11) is 0. The molecule has 0 bridgehead atoms. The summed E-state index contributed by atoms with van der Waals surface area (Å²) < 4.78 is 5.34. The molecule has 1 saturated heterocycles. The number of furan rings is 1. The Morgan fingerprint density at radius 3 is 2.94 bits per heavy atom. The van der Waals surface area contributed by atoms with Gasteiger partial charge in [-0.1, -0.05) is 0 Å². The number of ketones is 1. The lowest BCUT2D eigenvalue weighted by Gasteiger charge is -2.25. The predicted molar refractivity (Wildman–Crippen MR) is 58.0 cm³/mol. The number of aryl methyl sites for hydroxylation is 1. The second kappa shape index (κ2) is 4.51. The summed E-state index contributed by atoms with van der Waals surface area (Å²) in [6.07, 6.45) is 1.63. The van der Waals surface area contributed by atoms with Crippen molar-refractivity contribution in [3.63, 3.8) is 0 Å². The van der Waals surface area contributed by atoms with Crippen LogP contribution in [0.3, 0.4) is 0 Å². The molecule has 0 saturated carbocycles. The average Bonchev–Trinajstić information content (AvgIpc) is 2.64. The number of hydrogen-bond donors (Lipinski definition) is 0. The van der Waals surface area contributed by atoms with Crippen LogP contribution in [-0.4, -0.2) is 29.7 Å². The zero-order chi connectivity index (χ0) is 11.5. The van der Waals surface area contributed by atoms with E-state index in [9.17, 15) is 9.59 Å². The Kier molecular flexibility index (Phi) is 3.08. The molecule has 2 heterocycles. The number of amides is 1. The van der Waals surface area contributed by atoms with Gasteiger partial charge in [0.2, 0.25) is 5.91 Å². The molecule has 2 rings (SSSR count). The molecule has 1 aromatic rings. The van der Waals surface area contributed by atoms with E-state index in [4.69, 9.17) is 4.42 Å². The van der Waals surface area contributed by atoms with Gasteiger partial charge in [0.15, 0.2) is 5.78 Å². The standard InChI is InChI=1S/C12H15NO3/c1-9-4-5-11(16-9)7-12(15)13-6-2-3-10(14)8-13/h4-5H,2-3,6-8H2,1H3. The van der Waals surface area contributed by atoms with Gasteiger partial charge in [0.25, 0.3) is 0 Å². The SMILES string of the molecule is Cc1ccc(CC(=O)N2CCCC(=O)C2)o1. The molecule has 0 unspecified atom stereocenters. The lowest BCUT2D eigenvalue weighted by molar-refractivity contribution is -0.137. The van der Waals surface area contributed by atoms with Crippen molar-refractivity contribution in [3.8, 4) is 0 Å². The van der Waals surface area contributed by atoms with Crippen LogP contribution in [0.15, 0.2) is 16.5 Å². The van der Waals surface area contributed by atoms with Gasteiger partial charge in [-0.15, -0.1) is 0 Å². The lowest BCUT2D eigenvalue weighted by atomic mass is 10.1. The zero-order valence-electron chi connectivity index (χ0n) is 9.36. The summed E-state index contributed by atoms with van der Waals surface area (Å²) in [6.45, 7) is 2.79. The van der Waals surface area contributed by atoms with E-state index in [0.29, 0.717) is 18.7 Å². The fourth-order valence-electron chi connectivity index (χ4n) is 1.89. The molecule has 86 valence electrons. The number of carbonyl (C=O) groups is 2. The third-order valence-electron chi connectivity index (χ3n) is 2.73. The van der Waals surface area contributed by atoms with Gasteiger partial charge in [0.05, 0.1) is 13.0 Å². The molecule has 0 N–H and O–H groups in total. The van der Waals surface area contributed by atoms with Gasteiger partial charge in [-0.25, -0.2) is 0 Å².